The van der Waals surface area contributed by atoms with E-state index in [-0.39, 0.29) is 12.0 Å². The van der Waals surface area contributed by atoms with E-state index in [1.165, 1.54) is 0 Å². The number of piperazine rings is 1. The van der Waals surface area contributed by atoms with E-state index in [0.29, 0.717) is 36.1 Å². The molecule has 3 aliphatic rings. The Morgan fingerprint density at radius 3 is 2.51 bits per heavy atom. The summed E-state index contributed by atoms with van der Waals surface area (Å²) in [5.41, 5.74) is 4.06. The molecule has 0 aromatic heterocycles. The van der Waals surface area contributed by atoms with E-state index >= 15 is 0 Å². The lowest BCUT2D eigenvalue weighted by molar-refractivity contribution is -0.132. The summed E-state index contributed by atoms with van der Waals surface area (Å²) in [5, 5.41) is 7.67. The number of carbonyl (C=O) groups excluding carboxylic acids is 2. The van der Waals surface area contributed by atoms with Gasteiger partial charge in [-0.05, 0) is 42.7 Å². The predicted molar refractivity (Wildman–Crippen MR) is 139 cm³/mol. The van der Waals surface area contributed by atoms with Gasteiger partial charge < -0.3 is 20.0 Å². The van der Waals surface area contributed by atoms with Crippen molar-refractivity contribution >= 4 is 63.7 Å². The third kappa shape index (κ3) is 5.37. The number of nitrogens with one attached hydrogen (secondary N) is 1. The normalized spacial score (nSPS) is 20.0. The lowest BCUT2D eigenvalue weighted by Crippen LogP contribution is -2.49. The van der Waals surface area contributed by atoms with E-state index in [1.807, 2.05) is 41.3 Å². The maximum absolute atomic E-state index is 12.4. The van der Waals surface area contributed by atoms with Crippen LogP contribution < -0.4 is 10.2 Å². The van der Waals surface area contributed by atoms with Crippen LogP contribution in [-0.4, -0.2) is 53.4 Å². The van der Waals surface area contributed by atoms with Gasteiger partial charge in [0.1, 0.15) is 0 Å². The summed E-state index contributed by atoms with van der Waals surface area (Å²) in [6, 6.07) is 13.2. The van der Waals surface area contributed by atoms with Gasteiger partial charge in [0, 0.05) is 55.5 Å². The molecule has 2 amide bonds. The number of halogens is 3. The first-order valence-corrected chi connectivity index (χ1v) is 12.9. The maximum atomic E-state index is 12.4. The maximum Gasteiger partial charge on any atom is 0.257 e. The van der Waals surface area contributed by atoms with Crippen LogP contribution in [0.4, 0.5) is 11.4 Å². The molecule has 1 aliphatic carbocycles. The van der Waals surface area contributed by atoms with Crippen LogP contribution in [0.3, 0.4) is 0 Å². The number of hydrogen-bond donors (Lipinski definition) is 1. The highest BCUT2D eigenvalue weighted by Crippen LogP contribution is 2.37. The molecule has 2 aliphatic heterocycles. The first-order chi connectivity index (χ1) is 16.9. The average Bonchev–Trinajstić information content (AvgIpc) is 3.60. The van der Waals surface area contributed by atoms with Gasteiger partial charge in [-0.15, -0.1) is 0 Å². The van der Waals surface area contributed by atoms with Crippen molar-refractivity contribution in [3.8, 4) is 0 Å². The van der Waals surface area contributed by atoms with Crippen LogP contribution in [0, 0.1) is 5.92 Å². The van der Waals surface area contributed by atoms with Crippen LogP contribution in [0.2, 0.25) is 5.02 Å². The highest BCUT2D eigenvalue weighted by atomic mass is 35.5. The molecule has 0 bridgehead atoms. The number of carbonyl (C=O) groups is 2. The molecule has 0 radical (unpaired) electrons. The second kappa shape index (κ2) is 10.2. The summed E-state index contributed by atoms with van der Waals surface area (Å²) in [6.07, 6.45) is 2.25. The topological polar surface area (TPSA) is 74.2 Å². The van der Waals surface area contributed by atoms with E-state index < -0.39 is 10.7 Å². The second-order valence-corrected chi connectivity index (χ2v) is 10.5. The van der Waals surface area contributed by atoms with Gasteiger partial charge in [0.2, 0.25) is 5.91 Å². The Morgan fingerprint density at radius 1 is 1.06 bits per heavy atom. The fourth-order valence-electron chi connectivity index (χ4n) is 4.54. The molecule has 5 rings (SSSR count). The van der Waals surface area contributed by atoms with E-state index in [9.17, 15) is 9.59 Å². The van der Waals surface area contributed by atoms with Crippen LogP contribution in [0.5, 0.6) is 0 Å². The van der Waals surface area contributed by atoms with Crippen molar-refractivity contribution in [2.24, 2.45) is 11.1 Å². The predicted octanol–water partition coefficient (Wildman–Crippen LogP) is 5.01. The molecule has 1 saturated heterocycles. The zero-order chi connectivity index (χ0) is 24.5. The minimum Gasteiger partial charge on any atom is -0.387 e. The molecule has 2 heterocycles. The number of benzene rings is 2. The molecule has 10 heteroatoms. The van der Waals surface area contributed by atoms with E-state index in [0.717, 1.165) is 48.5 Å². The highest BCUT2D eigenvalue weighted by Gasteiger charge is 2.35. The summed E-state index contributed by atoms with van der Waals surface area (Å²) in [7, 11) is 0. The van der Waals surface area contributed by atoms with Crippen molar-refractivity contribution in [1.29, 1.82) is 0 Å². The second-order valence-electron chi connectivity index (χ2n) is 8.97. The van der Waals surface area contributed by atoms with E-state index in [1.54, 1.807) is 6.07 Å². The standard InChI is InChI=1S/C25H25Cl3N4O3/c26-18-5-2-6-20(31-9-11-32(12-10-31)25(34)15-7-8-15)22(18)19-14-21(35-30-19)16-3-1-4-17(13-16)29-24(33)23(27)28/h1-6,13,15,21,23H,7-12,14H2,(H,29,33). The first-order valence-electron chi connectivity index (χ1n) is 11.6. The summed E-state index contributed by atoms with van der Waals surface area (Å²) in [6.45, 7) is 2.90. The van der Waals surface area contributed by atoms with Crippen LogP contribution in [-0.2, 0) is 14.4 Å². The minimum atomic E-state index is -1.15. The van der Waals surface area contributed by atoms with E-state index in [4.69, 9.17) is 39.6 Å². The Balaban J connectivity index is 1.29. The monoisotopic (exact) mass is 534 g/mol. The van der Waals surface area contributed by atoms with Crippen LogP contribution in [0.15, 0.2) is 47.6 Å². The van der Waals surface area contributed by atoms with Crippen LogP contribution >= 0.6 is 34.8 Å². The van der Waals surface area contributed by atoms with E-state index in [2.05, 4.69) is 15.4 Å². The van der Waals surface area contributed by atoms with Crippen LogP contribution in [0.1, 0.15) is 36.5 Å². The Labute approximate surface area is 218 Å². The smallest absolute Gasteiger partial charge is 0.257 e. The molecule has 35 heavy (non-hydrogen) atoms. The average molecular weight is 536 g/mol. The van der Waals surface area contributed by atoms with Gasteiger partial charge in [-0.1, -0.05) is 58.2 Å². The molecular weight excluding hydrogens is 511 g/mol. The van der Waals surface area contributed by atoms with Crippen molar-refractivity contribution in [1.82, 2.24) is 4.90 Å². The van der Waals surface area contributed by atoms with Gasteiger partial charge in [0.05, 0.1) is 10.7 Å². The van der Waals surface area contributed by atoms with Crippen LogP contribution in [0.25, 0.3) is 0 Å². The molecule has 7 nitrogen and oxygen atoms in total. The number of anilines is 2. The molecule has 1 unspecified atom stereocenters. The molecule has 0 spiro atoms. The van der Waals surface area contributed by atoms with Gasteiger partial charge in [-0.3, -0.25) is 9.59 Å². The molecule has 184 valence electrons. The first kappa shape index (κ1) is 24.2. The minimum absolute atomic E-state index is 0.239. The zero-order valence-electron chi connectivity index (χ0n) is 18.9. The Kier molecular flexibility index (Phi) is 7.09. The van der Waals surface area contributed by atoms with Gasteiger partial charge in [0.15, 0.2) is 10.9 Å². The fraction of sp³-hybridized carbons (Fsp3) is 0.400. The van der Waals surface area contributed by atoms with Gasteiger partial charge in [-0.2, -0.15) is 0 Å². The number of amides is 2. The lowest BCUT2D eigenvalue weighted by Gasteiger charge is -2.37. The molecular formula is C25H25Cl3N4O3. The Hall–Kier alpha value is -2.48. The quantitative estimate of drug-likeness (QED) is 0.528. The number of rotatable bonds is 6. The molecule has 1 atom stereocenters. The van der Waals surface area contributed by atoms with Crippen molar-refractivity contribution in [3.63, 3.8) is 0 Å². The van der Waals surface area contributed by atoms with Gasteiger partial charge in [0.25, 0.3) is 5.91 Å². The lowest BCUT2D eigenvalue weighted by atomic mass is 9.98. The molecule has 1 saturated carbocycles. The van der Waals surface area contributed by atoms with Crippen molar-refractivity contribution in [2.75, 3.05) is 36.4 Å². The Morgan fingerprint density at radius 2 is 1.80 bits per heavy atom. The number of hydrogen-bond acceptors (Lipinski definition) is 5. The van der Waals surface area contributed by atoms with Crippen molar-refractivity contribution < 1.29 is 14.4 Å². The Bertz CT molecular complexity index is 1160. The van der Waals surface area contributed by atoms with Crippen molar-refractivity contribution in [2.45, 2.75) is 30.2 Å². The van der Waals surface area contributed by atoms with Gasteiger partial charge in [-0.25, -0.2) is 0 Å². The molecule has 2 aromatic carbocycles. The zero-order valence-corrected chi connectivity index (χ0v) is 21.2. The summed E-state index contributed by atoms with van der Waals surface area (Å²) < 4.78 is 0. The molecule has 1 N–H and O–H groups in total. The largest absolute Gasteiger partial charge is 0.387 e. The third-order valence-electron chi connectivity index (χ3n) is 6.53. The third-order valence-corrected chi connectivity index (χ3v) is 7.24. The molecule has 2 fully saturated rings. The van der Waals surface area contributed by atoms with Crippen molar-refractivity contribution in [3.05, 3.63) is 58.6 Å². The highest BCUT2D eigenvalue weighted by molar-refractivity contribution is 6.54. The summed E-state index contributed by atoms with van der Waals surface area (Å²) >= 11 is 17.9. The number of nitrogens with zero attached hydrogens (tertiary/aromatic N) is 3. The molecule has 2 aromatic rings. The summed E-state index contributed by atoms with van der Waals surface area (Å²) in [5.74, 6) is 0.0381. The number of oxime groups is 1. The number of alkyl halides is 2. The van der Waals surface area contributed by atoms with Gasteiger partial charge >= 0.3 is 0 Å². The SMILES string of the molecule is O=C(Nc1cccc(C2CC(c3c(Cl)cccc3N3CCN(C(=O)C4CC4)CC3)=NO2)c1)C(Cl)Cl. The fourth-order valence-corrected chi connectivity index (χ4v) is 4.92. The summed E-state index contributed by atoms with van der Waals surface area (Å²) in [4.78, 5) is 33.1.